The lowest BCUT2D eigenvalue weighted by molar-refractivity contribution is 0.101. The van der Waals surface area contributed by atoms with Gasteiger partial charge < -0.3 is 10.1 Å². The largest absolute Gasteiger partial charge is 0.490 e. The van der Waals surface area contributed by atoms with Crippen LogP contribution in [0.5, 0.6) is 5.75 Å². The number of rotatable bonds is 8. The molecule has 10 heteroatoms. The summed E-state index contributed by atoms with van der Waals surface area (Å²) in [6.45, 7) is 9.77. The molecule has 0 spiro atoms. The first kappa shape index (κ1) is 24.1. The quantitative estimate of drug-likeness (QED) is 0.554. The van der Waals surface area contributed by atoms with Gasteiger partial charge in [0, 0.05) is 25.2 Å². The molecule has 0 radical (unpaired) electrons. The molecule has 0 saturated carbocycles. The molecule has 3 rings (SSSR count). The monoisotopic (exact) mass is 456 g/mol. The van der Waals surface area contributed by atoms with Crippen molar-refractivity contribution in [1.82, 2.24) is 24.3 Å². The highest BCUT2D eigenvalue weighted by Gasteiger charge is 2.23. The molecule has 0 saturated heterocycles. The fraction of sp³-hybridized carbons (Fsp3) is 0.435. The minimum Gasteiger partial charge on any atom is -0.490 e. The third-order valence-corrected chi connectivity index (χ3v) is 5.01. The normalized spacial score (nSPS) is 12.3. The number of nitrogens with one attached hydrogen (secondary N) is 1. The number of benzene rings is 1. The maximum absolute atomic E-state index is 15.2. The predicted octanol–water partition coefficient (Wildman–Crippen LogP) is 3.69. The Morgan fingerprint density at radius 3 is 2.52 bits per heavy atom. The average Bonchev–Trinajstić information content (AvgIpc) is 3.04. The molecule has 0 aliphatic heterocycles. The summed E-state index contributed by atoms with van der Waals surface area (Å²) in [5.74, 6) is -0.125. The number of ether oxygens (including phenoxy) is 1. The Morgan fingerprint density at radius 2 is 1.94 bits per heavy atom. The van der Waals surface area contributed by atoms with E-state index in [2.05, 4.69) is 34.2 Å². The summed E-state index contributed by atoms with van der Waals surface area (Å²) in [5, 5.41) is 6.92. The smallest absolute Gasteiger partial charge is 0.350 e. The summed E-state index contributed by atoms with van der Waals surface area (Å²) in [7, 11) is 1.59. The first-order valence-electron chi connectivity index (χ1n) is 10.8. The lowest BCUT2D eigenvalue weighted by Crippen LogP contribution is -2.24. The average molecular weight is 457 g/mol. The number of nitrogens with zero attached hydrogens (tertiary/aromatic N) is 5. The van der Waals surface area contributed by atoms with Gasteiger partial charge in [0.15, 0.2) is 0 Å². The summed E-state index contributed by atoms with van der Waals surface area (Å²) in [6.07, 6.45) is 3.25. The highest BCUT2D eigenvalue weighted by atomic mass is 19.1. The van der Waals surface area contributed by atoms with Gasteiger partial charge >= 0.3 is 5.69 Å². The van der Waals surface area contributed by atoms with Crippen LogP contribution >= 0.6 is 0 Å². The molecule has 176 valence electrons. The zero-order valence-corrected chi connectivity index (χ0v) is 19.7. The number of hydrogen-bond acceptors (Lipinski definition) is 6. The van der Waals surface area contributed by atoms with Crippen LogP contribution < -0.4 is 15.7 Å². The fourth-order valence-electron chi connectivity index (χ4n) is 3.57. The summed E-state index contributed by atoms with van der Waals surface area (Å²) in [5.41, 5.74) is -0.594. The van der Waals surface area contributed by atoms with Gasteiger partial charge in [0.05, 0.1) is 11.7 Å². The molecule has 3 aromatic rings. The van der Waals surface area contributed by atoms with E-state index in [9.17, 15) is 9.59 Å². The Bertz CT molecular complexity index is 1190. The van der Waals surface area contributed by atoms with Gasteiger partial charge in [-0.05, 0) is 31.4 Å². The van der Waals surface area contributed by atoms with Gasteiger partial charge in [-0.15, -0.1) is 5.10 Å². The van der Waals surface area contributed by atoms with Gasteiger partial charge in [-0.25, -0.2) is 19.2 Å². The second-order valence-corrected chi connectivity index (χ2v) is 8.67. The third-order valence-electron chi connectivity index (χ3n) is 5.01. The van der Waals surface area contributed by atoms with Crippen molar-refractivity contribution in [3.8, 4) is 11.4 Å². The zero-order valence-electron chi connectivity index (χ0n) is 19.7. The standard InChI is InChI=1S/C23H29FN6O3/c1-13(2)9-15(5)33-19-11-18(30-23(32)29(6)21(28-30)14(3)4)17(24)10-16(19)22(31)27-20-7-8-25-12-26-20/h7-8,10-15H,9H2,1-6H3,(H,25,26,27,31). The van der Waals surface area contributed by atoms with Gasteiger partial charge in [-0.1, -0.05) is 27.7 Å². The van der Waals surface area contributed by atoms with Crippen LogP contribution in [0.3, 0.4) is 0 Å². The summed E-state index contributed by atoms with van der Waals surface area (Å²) in [4.78, 5) is 33.5. The molecule has 9 nitrogen and oxygen atoms in total. The van der Waals surface area contributed by atoms with Crippen LogP contribution in [0.15, 0.2) is 35.5 Å². The molecule has 2 aromatic heterocycles. The molecule has 0 aliphatic carbocycles. The van der Waals surface area contributed by atoms with Crippen LogP contribution in [0.1, 0.15) is 63.1 Å². The van der Waals surface area contributed by atoms with E-state index in [0.29, 0.717) is 11.7 Å². The van der Waals surface area contributed by atoms with Crippen LogP contribution in [-0.2, 0) is 7.05 Å². The van der Waals surface area contributed by atoms with Crippen molar-refractivity contribution < 1.29 is 13.9 Å². The van der Waals surface area contributed by atoms with Crippen LogP contribution in [-0.4, -0.2) is 36.3 Å². The molecule has 33 heavy (non-hydrogen) atoms. The van der Waals surface area contributed by atoms with Crippen molar-refractivity contribution in [2.45, 2.75) is 53.1 Å². The van der Waals surface area contributed by atoms with Crippen molar-refractivity contribution >= 4 is 11.7 Å². The van der Waals surface area contributed by atoms with Gasteiger partial charge in [-0.2, -0.15) is 4.68 Å². The van der Waals surface area contributed by atoms with Crippen LogP contribution in [0.4, 0.5) is 10.2 Å². The van der Waals surface area contributed by atoms with Crippen molar-refractivity contribution in [1.29, 1.82) is 0 Å². The maximum atomic E-state index is 15.2. The van der Waals surface area contributed by atoms with Crippen LogP contribution in [0.2, 0.25) is 0 Å². The first-order chi connectivity index (χ1) is 15.6. The maximum Gasteiger partial charge on any atom is 0.350 e. The van der Waals surface area contributed by atoms with Crippen LogP contribution in [0.25, 0.3) is 5.69 Å². The van der Waals surface area contributed by atoms with Gasteiger partial charge in [-0.3, -0.25) is 9.36 Å². The molecule has 0 fully saturated rings. The number of aromatic nitrogens is 5. The van der Waals surface area contributed by atoms with E-state index in [1.807, 2.05) is 20.8 Å². The van der Waals surface area contributed by atoms with E-state index in [4.69, 9.17) is 4.74 Å². The number of hydrogen-bond donors (Lipinski definition) is 1. The molecular weight excluding hydrogens is 427 g/mol. The predicted molar refractivity (Wildman–Crippen MR) is 122 cm³/mol. The van der Waals surface area contributed by atoms with Gasteiger partial charge in [0.25, 0.3) is 5.91 Å². The molecule has 2 heterocycles. The SMILES string of the molecule is CC(C)CC(C)Oc1cc(-n2nc(C(C)C)n(C)c2=O)c(F)cc1C(=O)Nc1ccncn1. The van der Waals surface area contributed by atoms with E-state index < -0.39 is 17.4 Å². The van der Waals surface area contributed by atoms with Crippen molar-refractivity contribution in [2.24, 2.45) is 13.0 Å². The van der Waals surface area contributed by atoms with E-state index in [-0.39, 0.29) is 34.8 Å². The number of carbonyl (C=O) groups is 1. The van der Waals surface area contributed by atoms with Crippen molar-refractivity contribution in [2.75, 3.05) is 5.32 Å². The molecule has 1 unspecified atom stereocenters. The lowest BCUT2D eigenvalue weighted by atomic mass is 10.1. The summed E-state index contributed by atoms with van der Waals surface area (Å²) in [6, 6.07) is 3.92. The summed E-state index contributed by atoms with van der Waals surface area (Å²) < 4.78 is 23.6. The Hall–Kier alpha value is -3.56. The first-order valence-corrected chi connectivity index (χ1v) is 10.8. The molecule has 0 bridgehead atoms. The molecule has 1 atom stereocenters. The molecular formula is C23H29FN6O3. The van der Waals surface area contributed by atoms with E-state index >= 15 is 4.39 Å². The Morgan fingerprint density at radius 1 is 1.21 bits per heavy atom. The second kappa shape index (κ2) is 9.93. The topological polar surface area (TPSA) is 104 Å². The van der Waals surface area contributed by atoms with E-state index in [1.54, 1.807) is 7.05 Å². The Labute approximate surface area is 191 Å². The van der Waals surface area contributed by atoms with Gasteiger partial charge in [0.2, 0.25) is 0 Å². The number of amides is 1. The number of anilines is 1. The molecule has 1 amide bonds. The third kappa shape index (κ3) is 5.44. The number of halogens is 1. The Balaban J connectivity index is 2.09. The van der Waals surface area contributed by atoms with Crippen molar-refractivity contribution in [3.05, 3.63) is 58.4 Å². The minimum absolute atomic E-state index is 0.0152. The van der Waals surface area contributed by atoms with E-state index in [1.165, 1.54) is 29.2 Å². The molecule has 1 aromatic carbocycles. The summed E-state index contributed by atoms with van der Waals surface area (Å²) >= 11 is 0. The molecule has 1 N–H and O–H groups in total. The van der Waals surface area contributed by atoms with Crippen molar-refractivity contribution in [3.63, 3.8) is 0 Å². The van der Waals surface area contributed by atoms with Crippen LogP contribution in [0, 0.1) is 11.7 Å². The Kier molecular flexibility index (Phi) is 7.25. The lowest BCUT2D eigenvalue weighted by Gasteiger charge is -2.20. The molecule has 0 aliphatic rings. The van der Waals surface area contributed by atoms with Gasteiger partial charge in [0.1, 0.15) is 35.2 Å². The van der Waals surface area contributed by atoms with E-state index in [0.717, 1.165) is 17.2 Å². The number of carbonyl (C=O) groups excluding carboxylic acids is 1. The highest BCUT2D eigenvalue weighted by molar-refractivity contribution is 6.06. The minimum atomic E-state index is -0.776. The highest BCUT2D eigenvalue weighted by Crippen LogP contribution is 2.28. The fourth-order valence-corrected chi connectivity index (χ4v) is 3.57. The zero-order chi connectivity index (χ0) is 24.3. The second-order valence-electron chi connectivity index (χ2n) is 8.67.